The van der Waals surface area contributed by atoms with Gasteiger partial charge < -0.3 is 15.8 Å². The van der Waals surface area contributed by atoms with Gasteiger partial charge in [-0.2, -0.15) is 0 Å². The second kappa shape index (κ2) is 11.4. The van der Waals surface area contributed by atoms with Crippen molar-refractivity contribution < 1.29 is 4.74 Å². The number of benzene rings is 1. The SMILES string of the molecule is COCCN(CCN=C(N)NC(C)c1ccc(Cl)cc1Cl)C1CC1.I. The lowest BCUT2D eigenvalue weighted by Crippen LogP contribution is -2.36. The van der Waals surface area contributed by atoms with Crippen LogP contribution >= 0.6 is 47.2 Å². The lowest BCUT2D eigenvalue weighted by Gasteiger charge is -2.21. The van der Waals surface area contributed by atoms with Crippen molar-refractivity contribution in [2.75, 3.05) is 33.4 Å². The average molecular weight is 501 g/mol. The first-order chi connectivity index (χ1) is 11.5. The van der Waals surface area contributed by atoms with Gasteiger partial charge in [0.05, 0.1) is 19.2 Å². The number of aliphatic imine (C=N–C) groups is 1. The Morgan fingerprint density at radius 1 is 1.40 bits per heavy atom. The maximum atomic E-state index is 6.22. The number of hydrogen-bond donors (Lipinski definition) is 2. The number of methoxy groups -OCH3 is 1. The summed E-state index contributed by atoms with van der Waals surface area (Å²) in [6.07, 6.45) is 2.54. The van der Waals surface area contributed by atoms with Crippen LogP contribution in [0.25, 0.3) is 0 Å². The molecular formula is C17H27Cl2IN4O. The van der Waals surface area contributed by atoms with Crippen LogP contribution in [0, 0.1) is 0 Å². The molecule has 0 heterocycles. The van der Waals surface area contributed by atoms with Crippen molar-refractivity contribution in [3.8, 4) is 0 Å². The number of hydrogen-bond acceptors (Lipinski definition) is 3. The largest absolute Gasteiger partial charge is 0.383 e. The van der Waals surface area contributed by atoms with E-state index < -0.39 is 0 Å². The van der Waals surface area contributed by atoms with E-state index in [4.69, 9.17) is 33.7 Å². The normalized spacial score (nSPS) is 15.8. The molecule has 8 heteroatoms. The van der Waals surface area contributed by atoms with E-state index >= 15 is 0 Å². The molecule has 1 aromatic rings. The Morgan fingerprint density at radius 2 is 2.12 bits per heavy atom. The summed E-state index contributed by atoms with van der Waals surface area (Å²) >= 11 is 12.1. The molecule has 0 bridgehead atoms. The number of nitrogens with one attached hydrogen (secondary N) is 1. The zero-order valence-corrected chi connectivity index (χ0v) is 18.5. The van der Waals surface area contributed by atoms with Crippen molar-refractivity contribution in [3.63, 3.8) is 0 Å². The van der Waals surface area contributed by atoms with Crippen molar-refractivity contribution in [1.82, 2.24) is 10.2 Å². The number of guanidine groups is 1. The molecule has 3 N–H and O–H groups in total. The van der Waals surface area contributed by atoms with Gasteiger partial charge in [-0.1, -0.05) is 29.3 Å². The van der Waals surface area contributed by atoms with E-state index in [2.05, 4.69) is 15.2 Å². The zero-order valence-electron chi connectivity index (χ0n) is 14.7. The quantitative estimate of drug-likeness (QED) is 0.308. The molecule has 5 nitrogen and oxygen atoms in total. The standard InChI is InChI=1S/C17H26Cl2N4O.HI/c1-12(15-6-3-13(18)11-16(15)19)22-17(20)21-7-8-23(9-10-24-2)14-4-5-14;/h3,6,11-12,14H,4-5,7-10H2,1-2H3,(H3,20,21,22);1H. The molecule has 0 aromatic heterocycles. The van der Waals surface area contributed by atoms with Crippen molar-refractivity contribution in [2.45, 2.75) is 31.8 Å². The molecule has 1 aliphatic rings. The van der Waals surface area contributed by atoms with E-state index in [1.807, 2.05) is 19.1 Å². The van der Waals surface area contributed by atoms with Gasteiger partial charge >= 0.3 is 0 Å². The molecule has 25 heavy (non-hydrogen) atoms. The molecule has 1 fully saturated rings. The molecule has 0 amide bonds. The van der Waals surface area contributed by atoms with Crippen molar-refractivity contribution in [3.05, 3.63) is 33.8 Å². The van der Waals surface area contributed by atoms with Crippen LogP contribution in [-0.4, -0.2) is 50.3 Å². The number of nitrogens with two attached hydrogens (primary N) is 1. The third-order valence-corrected chi connectivity index (χ3v) is 4.67. The molecule has 1 atom stereocenters. The Hall–Kier alpha value is -0.280. The van der Waals surface area contributed by atoms with Gasteiger partial charge in [-0.15, -0.1) is 24.0 Å². The number of halogens is 3. The molecule has 1 aromatic carbocycles. The smallest absolute Gasteiger partial charge is 0.189 e. The van der Waals surface area contributed by atoms with E-state index in [9.17, 15) is 0 Å². The topological polar surface area (TPSA) is 62.9 Å². The fourth-order valence-electron chi connectivity index (χ4n) is 2.62. The highest BCUT2D eigenvalue weighted by Crippen LogP contribution is 2.27. The van der Waals surface area contributed by atoms with Gasteiger partial charge in [-0.3, -0.25) is 9.89 Å². The first kappa shape index (κ1) is 22.8. The molecule has 142 valence electrons. The second-order valence-electron chi connectivity index (χ2n) is 6.06. The predicted octanol–water partition coefficient (Wildman–Crippen LogP) is 3.69. The number of nitrogens with zero attached hydrogens (tertiary/aromatic N) is 2. The van der Waals surface area contributed by atoms with E-state index in [-0.39, 0.29) is 30.0 Å². The van der Waals surface area contributed by atoms with Crippen LogP contribution in [0.5, 0.6) is 0 Å². The average Bonchev–Trinajstić information content (AvgIpc) is 3.35. The van der Waals surface area contributed by atoms with Crippen LogP contribution in [0.3, 0.4) is 0 Å². The summed E-state index contributed by atoms with van der Waals surface area (Å²) in [7, 11) is 1.73. The van der Waals surface area contributed by atoms with E-state index in [0.29, 0.717) is 28.6 Å². The zero-order chi connectivity index (χ0) is 17.5. The summed E-state index contributed by atoms with van der Waals surface area (Å²) in [6, 6.07) is 6.10. The fourth-order valence-corrected chi connectivity index (χ4v) is 3.19. The van der Waals surface area contributed by atoms with Crippen LogP contribution in [0.2, 0.25) is 10.0 Å². The minimum Gasteiger partial charge on any atom is -0.383 e. The van der Waals surface area contributed by atoms with Crippen molar-refractivity contribution in [1.29, 1.82) is 0 Å². The molecule has 1 saturated carbocycles. The first-order valence-electron chi connectivity index (χ1n) is 8.25. The highest BCUT2D eigenvalue weighted by Gasteiger charge is 2.28. The number of ether oxygens (including phenoxy) is 1. The molecule has 0 aliphatic heterocycles. The molecule has 1 unspecified atom stereocenters. The molecule has 2 rings (SSSR count). The Balaban J connectivity index is 0.00000312. The summed E-state index contributed by atoms with van der Waals surface area (Å²) in [4.78, 5) is 6.84. The Bertz CT molecular complexity index is 570. The maximum Gasteiger partial charge on any atom is 0.189 e. The second-order valence-corrected chi connectivity index (χ2v) is 6.90. The fraction of sp³-hybridized carbons (Fsp3) is 0.588. The van der Waals surface area contributed by atoms with Gasteiger partial charge in [0.15, 0.2) is 5.96 Å². The van der Waals surface area contributed by atoms with Gasteiger partial charge in [0, 0.05) is 36.3 Å². The van der Waals surface area contributed by atoms with Crippen molar-refractivity contribution >= 4 is 53.1 Å². The summed E-state index contributed by atoms with van der Waals surface area (Å²) in [5.74, 6) is 0.427. The monoisotopic (exact) mass is 500 g/mol. The molecule has 1 aliphatic carbocycles. The Morgan fingerprint density at radius 3 is 2.72 bits per heavy atom. The molecular weight excluding hydrogens is 474 g/mol. The van der Waals surface area contributed by atoms with E-state index in [1.165, 1.54) is 12.8 Å². The van der Waals surface area contributed by atoms with Crippen molar-refractivity contribution in [2.24, 2.45) is 10.7 Å². The summed E-state index contributed by atoms with van der Waals surface area (Å²) in [5.41, 5.74) is 6.94. The highest BCUT2D eigenvalue weighted by molar-refractivity contribution is 14.0. The Labute approximate surface area is 177 Å². The molecule has 0 radical (unpaired) electrons. The van der Waals surface area contributed by atoms with Crippen LogP contribution in [0.1, 0.15) is 31.4 Å². The van der Waals surface area contributed by atoms with Gasteiger partial charge in [-0.25, -0.2) is 0 Å². The summed E-state index contributed by atoms with van der Waals surface area (Å²) in [5, 5.41) is 4.41. The minimum atomic E-state index is -0.0356. The van der Waals surface area contributed by atoms with Crippen LogP contribution in [0.4, 0.5) is 0 Å². The number of rotatable bonds is 9. The lowest BCUT2D eigenvalue weighted by atomic mass is 10.1. The summed E-state index contributed by atoms with van der Waals surface area (Å²) in [6.45, 7) is 5.25. The van der Waals surface area contributed by atoms with E-state index in [0.717, 1.165) is 25.3 Å². The minimum absolute atomic E-state index is 0. The molecule has 0 saturated heterocycles. The third-order valence-electron chi connectivity index (χ3n) is 4.11. The van der Waals surface area contributed by atoms with Gasteiger partial charge in [0.1, 0.15) is 0 Å². The van der Waals surface area contributed by atoms with Crippen LogP contribution < -0.4 is 11.1 Å². The molecule has 0 spiro atoms. The third kappa shape index (κ3) is 7.86. The van der Waals surface area contributed by atoms with Gasteiger partial charge in [-0.05, 0) is 37.5 Å². The highest BCUT2D eigenvalue weighted by atomic mass is 127. The lowest BCUT2D eigenvalue weighted by molar-refractivity contribution is 0.145. The van der Waals surface area contributed by atoms with Crippen LogP contribution in [0.15, 0.2) is 23.2 Å². The van der Waals surface area contributed by atoms with Gasteiger partial charge in [0.2, 0.25) is 0 Å². The summed E-state index contributed by atoms with van der Waals surface area (Å²) < 4.78 is 5.16. The first-order valence-corrected chi connectivity index (χ1v) is 9.01. The predicted molar refractivity (Wildman–Crippen MR) is 116 cm³/mol. The Kier molecular flexibility index (Phi) is 10.4. The van der Waals surface area contributed by atoms with Crippen LogP contribution in [-0.2, 0) is 4.74 Å². The van der Waals surface area contributed by atoms with E-state index in [1.54, 1.807) is 13.2 Å². The maximum absolute atomic E-state index is 6.22. The van der Waals surface area contributed by atoms with Gasteiger partial charge in [0.25, 0.3) is 0 Å².